The molecule has 0 atom stereocenters. The fourth-order valence-corrected chi connectivity index (χ4v) is 4.55. The summed E-state index contributed by atoms with van der Waals surface area (Å²) in [4.78, 5) is 28.5. The molecule has 1 aromatic carbocycles. The molecule has 3 aromatic rings. The maximum atomic E-state index is 13.1. The number of benzene rings is 1. The number of hydrogen-bond acceptors (Lipinski definition) is 8. The van der Waals surface area contributed by atoms with E-state index < -0.39 is 0 Å². The minimum Gasteiger partial charge on any atom is -0.490 e. The first-order valence-corrected chi connectivity index (χ1v) is 12.1. The summed E-state index contributed by atoms with van der Waals surface area (Å²) in [7, 11) is 0. The van der Waals surface area contributed by atoms with Crippen LogP contribution in [-0.2, 0) is 4.79 Å². The molecule has 0 radical (unpaired) electrons. The normalized spacial score (nSPS) is 15.7. The van der Waals surface area contributed by atoms with Crippen molar-refractivity contribution in [2.24, 2.45) is 0 Å². The largest absolute Gasteiger partial charge is 0.490 e. The minimum atomic E-state index is 0.122. The van der Waals surface area contributed by atoms with Crippen LogP contribution in [0.25, 0.3) is 0 Å². The number of piperazine rings is 1. The average molecular weight is 527 g/mol. The molecule has 1 saturated heterocycles. The summed E-state index contributed by atoms with van der Waals surface area (Å²) in [6, 6.07) is 9.74. The van der Waals surface area contributed by atoms with Gasteiger partial charge in [-0.2, -0.15) is 10.1 Å². The van der Waals surface area contributed by atoms with Crippen LogP contribution in [0.2, 0.25) is 0 Å². The lowest BCUT2D eigenvalue weighted by Gasteiger charge is -2.37. The third-order valence-corrected chi connectivity index (χ3v) is 6.42. The second-order valence-electron chi connectivity index (χ2n) is 8.51. The number of H-pyrrole nitrogens is 1. The molecule has 1 fully saturated rings. The van der Waals surface area contributed by atoms with E-state index in [9.17, 15) is 4.79 Å². The molecule has 10 nitrogen and oxygen atoms in total. The number of aromatic nitrogens is 4. The zero-order chi connectivity index (χ0) is 23.7. The molecule has 2 aliphatic heterocycles. The third-order valence-electron chi connectivity index (χ3n) is 5.93. The van der Waals surface area contributed by atoms with E-state index >= 15 is 0 Å². The van der Waals surface area contributed by atoms with Crippen molar-refractivity contribution in [1.29, 1.82) is 0 Å². The van der Waals surface area contributed by atoms with Gasteiger partial charge in [0.15, 0.2) is 5.82 Å². The van der Waals surface area contributed by atoms with Crippen molar-refractivity contribution in [3.8, 4) is 5.75 Å². The van der Waals surface area contributed by atoms with Crippen LogP contribution < -0.4 is 19.9 Å². The number of carbonyl (C=O) groups excluding carboxylic acids is 1. The molecule has 0 spiro atoms. The highest BCUT2D eigenvalue weighted by Gasteiger charge is 2.26. The molecule has 2 aromatic heterocycles. The van der Waals surface area contributed by atoms with Crippen molar-refractivity contribution in [1.82, 2.24) is 25.1 Å². The number of rotatable bonds is 5. The second-order valence-corrected chi connectivity index (χ2v) is 9.42. The van der Waals surface area contributed by atoms with E-state index in [-0.39, 0.29) is 5.91 Å². The van der Waals surface area contributed by atoms with E-state index in [0.717, 1.165) is 27.3 Å². The maximum Gasteiger partial charge on any atom is 0.242 e. The third kappa shape index (κ3) is 4.93. The van der Waals surface area contributed by atoms with Gasteiger partial charge in [-0.3, -0.25) is 9.89 Å². The van der Waals surface area contributed by atoms with E-state index in [1.54, 1.807) is 0 Å². The first kappa shape index (κ1) is 22.5. The Morgan fingerprint density at radius 3 is 2.68 bits per heavy atom. The van der Waals surface area contributed by atoms with Gasteiger partial charge >= 0.3 is 0 Å². The molecular weight excluding hydrogens is 500 g/mol. The Morgan fingerprint density at radius 2 is 1.91 bits per heavy atom. The molecule has 11 heteroatoms. The van der Waals surface area contributed by atoms with Crippen molar-refractivity contribution < 1.29 is 9.53 Å². The van der Waals surface area contributed by atoms with Gasteiger partial charge in [0, 0.05) is 54.2 Å². The van der Waals surface area contributed by atoms with Crippen molar-refractivity contribution >= 4 is 45.1 Å². The van der Waals surface area contributed by atoms with Crippen LogP contribution in [0.4, 0.5) is 23.3 Å². The molecule has 5 rings (SSSR count). The van der Waals surface area contributed by atoms with Crippen LogP contribution in [-0.4, -0.2) is 76.8 Å². The highest BCUT2D eigenvalue weighted by Crippen LogP contribution is 2.34. The molecule has 2 aliphatic rings. The molecule has 2 N–H and O–H groups in total. The summed E-state index contributed by atoms with van der Waals surface area (Å²) in [5.41, 5.74) is 2.81. The Hall–Kier alpha value is -3.34. The molecule has 34 heavy (non-hydrogen) atoms. The van der Waals surface area contributed by atoms with E-state index in [0.29, 0.717) is 63.5 Å². The Morgan fingerprint density at radius 1 is 1.09 bits per heavy atom. The average Bonchev–Trinajstić information content (AvgIpc) is 3.23. The van der Waals surface area contributed by atoms with Gasteiger partial charge in [0.05, 0.1) is 18.8 Å². The summed E-state index contributed by atoms with van der Waals surface area (Å²) >= 11 is 3.48. The number of amides is 1. The molecular formula is C23H27BrN8O2. The van der Waals surface area contributed by atoms with Gasteiger partial charge in [0.25, 0.3) is 0 Å². The Labute approximate surface area is 206 Å². The van der Waals surface area contributed by atoms with Crippen molar-refractivity contribution in [2.45, 2.75) is 13.8 Å². The van der Waals surface area contributed by atoms with E-state index in [1.165, 1.54) is 0 Å². The molecule has 0 saturated carbocycles. The molecule has 178 valence electrons. The van der Waals surface area contributed by atoms with Crippen LogP contribution in [0.3, 0.4) is 0 Å². The van der Waals surface area contributed by atoms with E-state index in [2.05, 4.69) is 51.2 Å². The zero-order valence-corrected chi connectivity index (χ0v) is 20.8. The summed E-state index contributed by atoms with van der Waals surface area (Å²) in [5, 5.41) is 10.4. The summed E-state index contributed by atoms with van der Waals surface area (Å²) in [5.74, 6) is 3.01. The summed E-state index contributed by atoms with van der Waals surface area (Å²) < 4.78 is 6.72. The number of carbonyl (C=O) groups is 1. The Bertz CT molecular complexity index is 1190. The number of aryl methyl sites for hydroxylation is 2. The lowest BCUT2D eigenvalue weighted by Crippen LogP contribution is -2.52. The number of aromatic amines is 1. The van der Waals surface area contributed by atoms with Gasteiger partial charge in [0.1, 0.15) is 18.2 Å². The fraction of sp³-hybridized carbons (Fsp3) is 0.391. The van der Waals surface area contributed by atoms with Crippen molar-refractivity contribution in [3.05, 3.63) is 46.2 Å². The van der Waals surface area contributed by atoms with Gasteiger partial charge in [-0.25, -0.2) is 4.98 Å². The van der Waals surface area contributed by atoms with Gasteiger partial charge in [-0.05, 0) is 32.0 Å². The van der Waals surface area contributed by atoms with Crippen molar-refractivity contribution in [2.75, 3.05) is 61.0 Å². The molecule has 4 heterocycles. The Kier molecular flexibility index (Phi) is 6.27. The van der Waals surface area contributed by atoms with Crippen LogP contribution in [0, 0.1) is 13.8 Å². The zero-order valence-electron chi connectivity index (χ0n) is 19.2. The number of fused-ring (bicyclic) bond motifs is 1. The second kappa shape index (κ2) is 9.49. The number of anilines is 4. The highest BCUT2D eigenvalue weighted by atomic mass is 79.9. The standard InChI is InChI=1S/C23H27BrN8O2/c1-15-11-20(26-21-12-16(2)28-29-21)27-23(25-15)31-7-5-30(6-8-31)22(33)14-32-9-10-34-19-13-17(24)3-4-18(19)32/h3-4,11-13H,5-10,14H2,1-2H3,(H2,25,26,27,28,29). The molecule has 0 aliphatic carbocycles. The summed E-state index contributed by atoms with van der Waals surface area (Å²) in [6.07, 6.45) is 0. The minimum absolute atomic E-state index is 0.122. The van der Waals surface area contributed by atoms with Crippen molar-refractivity contribution in [3.63, 3.8) is 0 Å². The predicted octanol–water partition coefficient (Wildman–Crippen LogP) is 2.87. The monoisotopic (exact) mass is 526 g/mol. The van der Waals surface area contributed by atoms with E-state index in [1.807, 2.05) is 49.1 Å². The smallest absolute Gasteiger partial charge is 0.242 e. The van der Waals surface area contributed by atoms with Gasteiger partial charge in [-0.15, -0.1) is 0 Å². The molecule has 0 unspecified atom stereocenters. The molecule has 1 amide bonds. The fourth-order valence-electron chi connectivity index (χ4n) is 4.21. The van der Waals surface area contributed by atoms with E-state index in [4.69, 9.17) is 4.74 Å². The topological polar surface area (TPSA) is 103 Å². The lowest BCUT2D eigenvalue weighted by atomic mass is 10.2. The van der Waals surface area contributed by atoms with Gasteiger partial charge < -0.3 is 24.8 Å². The van der Waals surface area contributed by atoms with Crippen LogP contribution >= 0.6 is 15.9 Å². The van der Waals surface area contributed by atoms with Gasteiger partial charge in [-0.1, -0.05) is 15.9 Å². The van der Waals surface area contributed by atoms with Crippen LogP contribution in [0.15, 0.2) is 34.8 Å². The first-order valence-electron chi connectivity index (χ1n) is 11.3. The summed E-state index contributed by atoms with van der Waals surface area (Å²) in [6.45, 7) is 8.15. The lowest BCUT2D eigenvalue weighted by molar-refractivity contribution is -0.130. The number of nitrogens with zero attached hydrogens (tertiary/aromatic N) is 6. The first-order chi connectivity index (χ1) is 16.4. The quantitative estimate of drug-likeness (QED) is 0.523. The predicted molar refractivity (Wildman–Crippen MR) is 134 cm³/mol. The number of halogens is 1. The SMILES string of the molecule is Cc1cc(Nc2cc(C)[nH]n2)nc(N2CCN(C(=O)CN3CCOc4cc(Br)ccc43)CC2)n1. The number of nitrogens with one attached hydrogen (secondary N) is 2. The van der Waals surface area contributed by atoms with Gasteiger partial charge in [0.2, 0.25) is 11.9 Å². The maximum absolute atomic E-state index is 13.1. The molecule has 0 bridgehead atoms. The van der Waals surface area contributed by atoms with Crippen LogP contribution in [0.5, 0.6) is 5.75 Å². The number of ether oxygens (including phenoxy) is 1. The number of hydrogen-bond donors (Lipinski definition) is 2. The highest BCUT2D eigenvalue weighted by molar-refractivity contribution is 9.10. The Balaban J connectivity index is 1.20. The van der Waals surface area contributed by atoms with Crippen LogP contribution in [0.1, 0.15) is 11.4 Å².